The molecule has 0 bridgehead atoms. The number of allylic oxidation sites excluding steroid dienone is 2. The van der Waals surface area contributed by atoms with Gasteiger partial charge < -0.3 is 10.3 Å². The van der Waals surface area contributed by atoms with E-state index in [2.05, 4.69) is 22.8 Å². The first-order valence-electron chi connectivity index (χ1n) is 6.04. The third-order valence-corrected chi connectivity index (χ3v) is 3.30. The molecule has 1 saturated carbocycles. The molecule has 3 heteroatoms. The summed E-state index contributed by atoms with van der Waals surface area (Å²) in [5.74, 6) is 0. The molecule has 3 nitrogen and oxygen atoms in total. The van der Waals surface area contributed by atoms with Gasteiger partial charge >= 0.3 is 0 Å². The lowest BCUT2D eigenvalue weighted by molar-refractivity contribution is 0.157. The summed E-state index contributed by atoms with van der Waals surface area (Å²) < 4.78 is 0. The first-order valence-corrected chi connectivity index (χ1v) is 6.04. The topological polar surface area (TPSA) is 30.3 Å². The standard InChI is InChI=1S/C12H21N3/c1-2-3-12(10-13)15-8-6-14(7-9-15)11-4-5-11/h3,10-11,13H,2,4-9H2,1H3/b12-3+,13-10?. The number of nitrogens with one attached hydrogen (secondary N) is 1. The summed E-state index contributed by atoms with van der Waals surface area (Å²) in [5, 5.41) is 7.40. The van der Waals surface area contributed by atoms with E-state index in [1.54, 1.807) is 0 Å². The molecule has 1 N–H and O–H groups in total. The fourth-order valence-corrected chi connectivity index (χ4v) is 2.27. The highest BCUT2D eigenvalue weighted by molar-refractivity contribution is 5.74. The van der Waals surface area contributed by atoms with Crippen molar-refractivity contribution in [3.63, 3.8) is 0 Å². The van der Waals surface area contributed by atoms with Crippen molar-refractivity contribution >= 4 is 6.21 Å². The van der Waals surface area contributed by atoms with E-state index in [-0.39, 0.29) is 0 Å². The first kappa shape index (κ1) is 10.7. The quantitative estimate of drug-likeness (QED) is 0.711. The number of piperazine rings is 1. The molecule has 0 aromatic heterocycles. The zero-order valence-corrected chi connectivity index (χ0v) is 9.58. The van der Waals surface area contributed by atoms with Crippen LogP contribution in [-0.2, 0) is 0 Å². The molecule has 2 aliphatic rings. The summed E-state index contributed by atoms with van der Waals surface area (Å²) >= 11 is 0. The maximum absolute atomic E-state index is 7.40. The van der Waals surface area contributed by atoms with Crippen LogP contribution in [-0.4, -0.2) is 48.2 Å². The summed E-state index contributed by atoms with van der Waals surface area (Å²) in [6.45, 7) is 6.68. The Hall–Kier alpha value is -0.830. The van der Waals surface area contributed by atoms with Crippen molar-refractivity contribution in [2.75, 3.05) is 26.2 Å². The Labute approximate surface area is 92.3 Å². The molecule has 2 rings (SSSR count). The van der Waals surface area contributed by atoms with E-state index >= 15 is 0 Å². The highest BCUT2D eigenvalue weighted by atomic mass is 15.3. The predicted molar refractivity (Wildman–Crippen MR) is 63.3 cm³/mol. The molecular formula is C12H21N3. The number of hydrogen-bond acceptors (Lipinski definition) is 3. The third-order valence-electron chi connectivity index (χ3n) is 3.30. The van der Waals surface area contributed by atoms with Crippen LogP contribution < -0.4 is 0 Å². The molecule has 0 spiro atoms. The van der Waals surface area contributed by atoms with Crippen LogP contribution in [0, 0.1) is 5.41 Å². The lowest BCUT2D eigenvalue weighted by atomic mass is 10.2. The van der Waals surface area contributed by atoms with Gasteiger partial charge in [-0.15, -0.1) is 0 Å². The Morgan fingerprint density at radius 3 is 2.40 bits per heavy atom. The third kappa shape index (κ3) is 2.59. The summed E-state index contributed by atoms with van der Waals surface area (Å²) in [6, 6.07) is 0.894. The minimum absolute atomic E-state index is 0.894. The average Bonchev–Trinajstić information content (AvgIpc) is 3.10. The molecular weight excluding hydrogens is 186 g/mol. The molecule has 2 fully saturated rings. The van der Waals surface area contributed by atoms with Crippen molar-refractivity contribution in [1.29, 1.82) is 5.41 Å². The van der Waals surface area contributed by atoms with E-state index in [4.69, 9.17) is 5.41 Å². The van der Waals surface area contributed by atoms with Crippen LogP contribution in [0.2, 0.25) is 0 Å². The van der Waals surface area contributed by atoms with Crippen LogP contribution in [0.1, 0.15) is 26.2 Å². The first-order chi connectivity index (χ1) is 7.35. The number of nitrogens with zero attached hydrogens (tertiary/aromatic N) is 2. The molecule has 0 amide bonds. The van der Waals surface area contributed by atoms with Crippen LogP contribution in [0.15, 0.2) is 11.8 Å². The Kier molecular flexibility index (Phi) is 3.41. The molecule has 1 aliphatic carbocycles. The van der Waals surface area contributed by atoms with Gasteiger partial charge in [-0.25, -0.2) is 0 Å². The van der Waals surface area contributed by atoms with Gasteiger partial charge in [-0.3, -0.25) is 4.90 Å². The van der Waals surface area contributed by atoms with Crippen molar-refractivity contribution in [1.82, 2.24) is 9.80 Å². The highest BCUT2D eigenvalue weighted by Gasteiger charge is 2.31. The van der Waals surface area contributed by atoms with Crippen molar-refractivity contribution in [3.05, 3.63) is 11.8 Å². The Morgan fingerprint density at radius 1 is 1.27 bits per heavy atom. The van der Waals surface area contributed by atoms with E-state index < -0.39 is 0 Å². The van der Waals surface area contributed by atoms with Crippen molar-refractivity contribution < 1.29 is 0 Å². The van der Waals surface area contributed by atoms with Crippen molar-refractivity contribution in [2.24, 2.45) is 0 Å². The minimum Gasteiger partial charge on any atom is -0.368 e. The Morgan fingerprint density at radius 2 is 1.93 bits per heavy atom. The van der Waals surface area contributed by atoms with E-state index in [0.29, 0.717) is 0 Å². The van der Waals surface area contributed by atoms with Gasteiger partial charge in [0.2, 0.25) is 0 Å². The molecule has 1 aliphatic heterocycles. The summed E-state index contributed by atoms with van der Waals surface area (Å²) in [5.41, 5.74) is 1.10. The summed E-state index contributed by atoms with van der Waals surface area (Å²) in [7, 11) is 0. The molecule has 0 aromatic rings. The molecule has 1 saturated heterocycles. The minimum atomic E-state index is 0.894. The van der Waals surface area contributed by atoms with Crippen LogP contribution in [0.4, 0.5) is 0 Å². The second kappa shape index (κ2) is 4.79. The van der Waals surface area contributed by atoms with Gasteiger partial charge in [0, 0.05) is 38.4 Å². The molecule has 0 aromatic carbocycles. The average molecular weight is 207 g/mol. The monoisotopic (exact) mass is 207 g/mol. The van der Waals surface area contributed by atoms with Gasteiger partial charge in [-0.05, 0) is 19.3 Å². The van der Waals surface area contributed by atoms with Gasteiger partial charge in [0.05, 0.1) is 5.70 Å². The van der Waals surface area contributed by atoms with Gasteiger partial charge in [0.1, 0.15) is 0 Å². The molecule has 1 heterocycles. The van der Waals surface area contributed by atoms with Crippen molar-refractivity contribution in [3.8, 4) is 0 Å². The smallest absolute Gasteiger partial charge is 0.0505 e. The normalized spacial score (nSPS) is 24.3. The molecule has 0 unspecified atom stereocenters. The SMILES string of the molecule is CC/C=C(\C=N)N1CCN(C2CC2)CC1. The van der Waals surface area contributed by atoms with Gasteiger partial charge in [0.15, 0.2) is 0 Å². The van der Waals surface area contributed by atoms with Crippen molar-refractivity contribution in [2.45, 2.75) is 32.2 Å². The zero-order valence-electron chi connectivity index (χ0n) is 9.58. The molecule has 84 valence electrons. The Balaban J connectivity index is 1.85. The largest absolute Gasteiger partial charge is 0.368 e. The maximum Gasteiger partial charge on any atom is 0.0505 e. The summed E-state index contributed by atoms with van der Waals surface area (Å²) in [4.78, 5) is 4.94. The van der Waals surface area contributed by atoms with E-state index in [0.717, 1.165) is 31.2 Å². The zero-order chi connectivity index (χ0) is 10.7. The van der Waals surface area contributed by atoms with Gasteiger partial charge in [-0.2, -0.15) is 0 Å². The van der Waals surface area contributed by atoms with E-state index in [1.807, 2.05) is 0 Å². The van der Waals surface area contributed by atoms with E-state index in [1.165, 1.54) is 32.1 Å². The van der Waals surface area contributed by atoms with E-state index in [9.17, 15) is 0 Å². The maximum atomic E-state index is 7.40. The second-order valence-electron chi connectivity index (χ2n) is 4.44. The second-order valence-corrected chi connectivity index (χ2v) is 4.44. The summed E-state index contributed by atoms with van der Waals surface area (Å²) in [6.07, 6.45) is 7.48. The Bertz CT molecular complexity index is 248. The fourth-order valence-electron chi connectivity index (χ4n) is 2.27. The molecule has 15 heavy (non-hydrogen) atoms. The number of rotatable bonds is 4. The van der Waals surface area contributed by atoms with Crippen LogP contribution >= 0.6 is 0 Å². The number of hydrogen-bond donors (Lipinski definition) is 1. The van der Waals surface area contributed by atoms with Gasteiger partial charge in [-0.1, -0.05) is 13.0 Å². The highest BCUT2D eigenvalue weighted by Crippen LogP contribution is 2.27. The fraction of sp³-hybridized carbons (Fsp3) is 0.750. The molecule has 0 radical (unpaired) electrons. The van der Waals surface area contributed by atoms with Crippen LogP contribution in [0.25, 0.3) is 0 Å². The predicted octanol–water partition coefficient (Wildman–Crippen LogP) is 1.71. The lowest BCUT2D eigenvalue weighted by Crippen LogP contribution is -2.46. The van der Waals surface area contributed by atoms with Crippen LogP contribution in [0.3, 0.4) is 0 Å². The molecule has 0 atom stereocenters. The van der Waals surface area contributed by atoms with Crippen LogP contribution in [0.5, 0.6) is 0 Å². The van der Waals surface area contributed by atoms with Gasteiger partial charge in [0.25, 0.3) is 0 Å². The lowest BCUT2D eigenvalue weighted by Gasteiger charge is -2.36.